The van der Waals surface area contributed by atoms with Crippen LogP contribution < -0.4 is 15.8 Å². The fourth-order valence-corrected chi connectivity index (χ4v) is 1.25. The largest absolute Gasteiger partial charge is 0.491 e. The Balaban J connectivity index is 2.21. The molecule has 0 heterocycles. The Morgan fingerprint density at radius 3 is 2.71 bits per heavy atom. The van der Waals surface area contributed by atoms with Gasteiger partial charge in [0.25, 0.3) is 0 Å². The van der Waals surface area contributed by atoms with Gasteiger partial charge in [-0.1, -0.05) is 17.7 Å². The summed E-state index contributed by atoms with van der Waals surface area (Å²) in [5, 5.41) is 12.3. The molecule has 17 heavy (non-hydrogen) atoms. The summed E-state index contributed by atoms with van der Waals surface area (Å²) in [6, 6.07) is 7.57. The lowest BCUT2D eigenvalue weighted by Crippen LogP contribution is -2.36. The summed E-state index contributed by atoms with van der Waals surface area (Å²) in [4.78, 5) is 10.4. The Bertz CT molecular complexity index is 351. The molecular weight excluding hydrogens is 220 g/mol. The SMILES string of the molecule is Cc1ccc(OCC(O)CNCC(N)=O)cc1. The minimum Gasteiger partial charge on any atom is -0.491 e. The number of carbonyl (C=O) groups is 1. The predicted octanol–water partition coefficient (Wildman–Crippen LogP) is -0.190. The number of benzene rings is 1. The van der Waals surface area contributed by atoms with Crippen LogP contribution in [0.15, 0.2) is 24.3 Å². The first-order valence-corrected chi connectivity index (χ1v) is 5.44. The van der Waals surface area contributed by atoms with Crippen molar-refractivity contribution in [3.05, 3.63) is 29.8 Å². The van der Waals surface area contributed by atoms with Gasteiger partial charge in [0, 0.05) is 6.54 Å². The van der Waals surface area contributed by atoms with Crippen molar-refractivity contribution < 1.29 is 14.6 Å². The molecule has 0 spiro atoms. The van der Waals surface area contributed by atoms with E-state index in [9.17, 15) is 9.90 Å². The van der Waals surface area contributed by atoms with E-state index in [2.05, 4.69) is 5.32 Å². The molecule has 0 fully saturated rings. The number of nitrogens with one attached hydrogen (secondary N) is 1. The minimum absolute atomic E-state index is 0.0571. The number of hydrogen-bond acceptors (Lipinski definition) is 4. The topological polar surface area (TPSA) is 84.6 Å². The molecule has 1 aromatic carbocycles. The van der Waals surface area contributed by atoms with Crippen LogP contribution in [0.25, 0.3) is 0 Å². The molecule has 5 heteroatoms. The zero-order chi connectivity index (χ0) is 12.7. The molecule has 0 aliphatic rings. The van der Waals surface area contributed by atoms with E-state index in [1.165, 1.54) is 0 Å². The molecular formula is C12H18N2O3. The van der Waals surface area contributed by atoms with Crippen LogP contribution in [0.1, 0.15) is 5.56 Å². The number of primary amides is 1. The Morgan fingerprint density at radius 2 is 2.12 bits per heavy atom. The van der Waals surface area contributed by atoms with Crippen LogP contribution >= 0.6 is 0 Å². The number of rotatable bonds is 7. The quantitative estimate of drug-likeness (QED) is 0.614. The smallest absolute Gasteiger partial charge is 0.231 e. The number of aliphatic hydroxyl groups is 1. The molecule has 1 amide bonds. The van der Waals surface area contributed by atoms with E-state index in [4.69, 9.17) is 10.5 Å². The monoisotopic (exact) mass is 238 g/mol. The van der Waals surface area contributed by atoms with Crippen LogP contribution in [0.4, 0.5) is 0 Å². The maximum atomic E-state index is 10.4. The molecule has 1 unspecified atom stereocenters. The van der Waals surface area contributed by atoms with Crippen LogP contribution in [0.2, 0.25) is 0 Å². The number of nitrogens with two attached hydrogens (primary N) is 1. The van der Waals surface area contributed by atoms with Crippen molar-refractivity contribution in [2.24, 2.45) is 5.73 Å². The van der Waals surface area contributed by atoms with Crippen LogP contribution in [0.5, 0.6) is 5.75 Å². The molecule has 0 saturated heterocycles. The van der Waals surface area contributed by atoms with Crippen LogP contribution in [0.3, 0.4) is 0 Å². The van der Waals surface area contributed by atoms with Crippen molar-refractivity contribution in [3.8, 4) is 5.75 Å². The van der Waals surface area contributed by atoms with Crippen LogP contribution in [0, 0.1) is 6.92 Å². The highest BCUT2D eigenvalue weighted by atomic mass is 16.5. The summed E-state index contributed by atoms with van der Waals surface area (Å²) in [7, 11) is 0. The standard InChI is InChI=1S/C12H18N2O3/c1-9-2-4-11(5-3-9)17-8-10(15)6-14-7-12(13)16/h2-5,10,14-15H,6-8H2,1H3,(H2,13,16). The van der Waals surface area contributed by atoms with Crippen molar-refractivity contribution in [2.45, 2.75) is 13.0 Å². The average molecular weight is 238 g/mol. The molecule has 0 aromatic heterocycles. The Kier molecular flexibility index (Phi) is 5.45. The molecule has 1 rings (SSSR count). The zero-order valence-corrected chi connectivity index (χ0v) is 9.85. The number of amides is 1. The minimum atomic E-state index is -0.671. The highest BCUT2D eigenvalue weighted by Crippen LogP contribution is 2.11. The Hall–Kier alpha value is -1.59. The van der Waals surface area contributed by atoms with E-state index >= 15 is 0 Å². The summed E-state index contributed by atoms with van der Waals surface area (Å²) in [6.45, 7) is 2.50. The first-order valence-electron chi connectivity index (χ1n) is 5.44. The van der Waals surface area contributed by atoms with Gasteiger partial charge in [-0.15, -0.1) is 0 Å². The van der Waals surface area contributed by atoms with Gasteiger partial charge < -0.3 is 20.9 Å². The molecule has 94 valence electrons. The van der Waals surface area contributed by atoms with E-state index in [1.54, 1.807) is 0 Å². The van der Waals surface area contributed by atoms with Gasteiger partial charge in [-0.05, 0) is 19.1 Å². The van der Waals surface area contributed by atoms with Gasteiger partial charge in [-0.25, -0.2) is 0 Å². The van der Waals surface area contributed by atoms with Crippen LogP contribution in [-0.4, -0.2) is 36.8 Å². The van der Waals surface area contributed by atoms with Gasteiger partial charge in [-0.3, -0.25) is 4.79 Å². The van der Waals surface area contributed by atoms with Crippen molar-refractivity contribution in [2.75, 3.05) is 19.7 Å². The summed E-state index contributed by atoms with van der Waals surface area (Å²) in [5.74, 6) is 0.265. The first-order chi connectivity index (χ1) is 8.08. The average Bonchev–Trinajstić information content (AvgIpc) is 2.28. The summed E-state index contributed by atoms with van der Waals surface area (Å²) < 4.78 is 5.37. The highest BCUT2D eigenvalue weighted by molar-refractivity contribution is 5.75. The molecule has 1 aromatic rings. The summed E-state index contributed by atoms with van der Waals surface area (Å²) in [5.41, 5.74) is 6.10. The molecule has 0 aliphatic heterocycles. The van der Waals surface area contributed by atoms with Gasteiger partial charge >= 0.3 is 0 Å². The van der Waals surface area contributed by atoms with Gasteiger partial charge in [0.05, 0.1) is 6.54 Å². The molecule has 0 radical (unpaired) electrons. The predicted molar refractivity (Wildman–Crippen MR) is 64.7 cm³/mol. The molecule has 0 bridgehead atoms. The second-order valence-electron chi connectivity index (χ2n) is 3.88. The second-order valence-corrected chi connectivity index (χ2v) is 3.88. The van der Waals surface area contributed by atoms with Crippen molar-refractivity contribution in [3.63, 3.8) is 0 Å². The lowest BCUT2D eigenvalue weighted by Gasteiger charge is -2.12. The lowest BCUT2D eigenvalue weighted by atomic mass is 10.2. The van der Waals surface area contributed by atoms with Gasteiger partial charge in [0.1, 0.15) is 18.5 Å². The highest BCUT2D eigenvalue weighted by Gasteiger charge is 2.05. The van der Waals surface area contributed by atoms with E-state index in [1.807, 2.05) is 31.2 Å². The van der Waals surface area contributed by atoms with E-state index in [0.29, 0.717) is 5.75 Å². The fourth-order valence-electron chi connectivity index (χ4n) is 1.25. The molecule has 5 nitrogen and oxygen atoms in total. The van der Waals surface area contributed by atoms with Crippen molar-refractivity contribution in [1.82, 2.24) is 5.32 Å². The Morgan fingerprint density at radius 1 is 1.47 bits per heavy atom. The van der Waals surface area contributed by atoms with E-state index in [-0.39, 0.29) is 19.7 Å². The molecule has 1 atom stereocenters. The third kappa shape index (κ3) is 5.89. The number of hydrogen-bond donors (Lipinski definition) is 3. The molecule has 0 saturated carbocycles. The number of aliphatic hydroxyl groups excluding tert-OH is 1. The zero-order valence-electron chi connectivity index (χ0n) is 9.85. The number of ether oxygens (including phenoxy) is 1. The van der Waals surface area contributed by atoms with Crippen LogP contribution in [-0.2, 0) is 4.79 Å². The van der Waals surface area contributed by atoms with Gasteiger partial charge in [-0.2, -0.15) is 0 Å². The van der Waals surface area contributed by atoms with E-state index < -0.39 is 12.0 Å². The third-order valence-electron chi connectivity index (χ3n) is 2.14. The summed E-state index contributed by atoms with van der Waals surface area (Å²) >= 11 is 0. The number of aryl methyl sites for hydroxylation is 1. The maximum absolute atomic E-state index is 10.4. The second kappa shape index (κ2) is 6.88. The van der Waals surface area contributed by atoms with E-state index in [0.717, 1.165) is 5.56 Å². The molecule has 4 N–H and O–H groups in total. The molecule has 0 aliphatic carbocycles. The number of carbonyl (C=O) groups excluding carboxylic acids is 1. The first kappa shape index (κ1) is 13.5. The summed E-state index contributed by atoms with van der Waals surface area (Å²) in [6.07, 6.45) is -0.671. The Labute approximate surface area is 101 Å². The normalized spacial score (nSPS) is 12.1. The van der Waals surface area contributed by atoms with Crippen molar-refractivity contribution in [1.29, 1.82) is 0 Å². The maximum Gasteiger partial charge on any atom is 0.231 e. The van der Waals surface area contributed by atoms with Crippen molar-refractivity contribution >= 4 is 5.91 Å². The lowest BCUT2D eigenvalue weighted by molar-refractivity contribution is -0.117. The third-order valence-corrected chi connectivity index (χ3v) is 2.14. The fraction of sp³-hybridized carbons (Fsp3) is 0.417. The van der Waals surface area contributed by atoms with Gasteiger partial charge in [0.15, 0.2) is 0 Å². The van der Waals surface area contributed by atoms with Gasteiger partial charge in [0.2, 0.25) is 5.91 Å².